The summed E-state index contributed by atoms with van der Waals surface area (Å²) in [6.07, 6.45) is 0. The summed E-state index contributed by atoms with van der Waals surface area (Å²) in [7, 11) is 0. The molecule has 8 heteroatoms. The molecule has 0 bridgehead atoms. The monoisotopic (exact) mass is 356 g/mol. The summed E-state index contributed by atoms with van der Waals surface area (Å²) in [4.78, 5) is 38.9. The van der Waals surface area contributed by atoms with E-state index in [1.807, 2.05) is 0 Å². The Balaban J connectivity index is 2.26. The predicted molar refractivity (Wildman–Crippen MR) is 79.2 cm³/mol. The number of halogens is 1. The van der Waals surface area contributed by atoms with E-state index >= 15 is 0 Å². The third kappa shape index (κ3) is 3.79. The first-order valence-corrected chi connectivity index (χ1v) is 6.98. The summed E-state index contributed by atoms with van der Waals surface area (Å²) in [6.45, 7) is 1.91. The number of esters is 1. The van der Waals surface area contributed by atoms with Gasteiger partial charge in [-0.25, -0.2) is 4.79 Å². The molecular formula is C13H13BrN2O5. The minimum Gasteiger partial charge on any atom is -0.464 e. The molecular weight excluding hydrogens is 344 g/mol. The molecule has 0 aliphatic heterocycles. The summed E-state index contributed by atoms with van der Waals surface area (Å²) in [6, 6.07) is 3.41. The summed E-state index contributed by atoms with van der Waals surface area (Å²) in [5, 5.41) is 0. The lowest BCUT2D eigenvalue weighted by atomic mass is 10.2. The molecule has 2 aromatic rings. The zero-order chi connectivity index (χ0) is 15.4. The van der Waals surface area contributed by atoms with Crippen LogP contribution in [0.15, 0.2) is 26.2 Å². The van der Waals surface area contributed by atoms with Crippen LogP contribution in [0.2, 0.25) is 0 Å². The number of fused-ring (bicyclic) bond motifs is 1. The topological polar surface area (TPSA) is 101 Å². The van der Waals surface area contributed by atoms with Gasteiger partial charge in [0.15, 0.2) is 0 Å². The highest BCUT2D eigenvalue weighted by Gasteiger charge is 2.08. The van der Waals surface area contributed by atoms with Crippen molar-refractivity contribution in [2.75, 3.05) is 13.2 Å². The molecule has 0 radical (unpaired) electrons. The van der Waals surface area contributed by atoms with Gasteiger partial charge in [-0.2, -0.15) is 0 Å². The van der Waals surface area contributed by atoms with Gasteiger partial charge in [0, 0.05) is 10.0 Å². The molecule has 1 aromatic heterocycles. The van der Waals surface area contributed by atoms with E-state index in [0.717, 1.165) is 0 Å². The zero-order valence-corrected chi connectivity index (χ0v) is 12.8. The number of hydrogen-bond donors (Lipinski definition) is 2. The number of rotatable bonds is 5. The summed E-state index contributed by atoms with van der Waals surface area (Å²) in [5.74, 6) is -0.460. The van der Waals surface area contributed by atoms with Crippen LogP contribution in [-0.4, -0.2) is 29.2 Å². The van der Waals surface area contributed by atoms with E-state index in [9.17, 15) is 14.4 Å². The molecule has 0 amide bonds. The molecule has 1 heterocycles. The van der Waals surface area contributed by atoms with Gasteiger partial charge in [0.2, 0.25) is 0 Å². The number of hydrogen-bond acceptors (Lipinski definition) is 5. The Morgan fingerprint density at radius 1 is 1.24 bits per heavy atom. The number of ether oxygens (including phenoxy) is 2. The summed E-state index contributed by atoms with van der Waals surface area (Å²) >= 11 is 3.31. The standard InChI is InChI=1S/C13H13BrN2O5/c1-2-21-10(17)6-20-5-7-3-8(14)4-9-11(7)16-13(19)12(18)15-9/h3-4H,2,5-6H2,1H3,(H,15,18)(H,16,19). The van der Waals surface area contributed by atoms with Crippen LogP contribution < -0.4 is 11.1 Å². The second kappa shape index (κ2) is 6.68. The van der Waals surface area contributed by atoms with Gasteiger partial charge in [0.1, 0.15) is 6.61 Å². The fraction of sp³-hybridized carbons (Fsp3) is 0.308. The van der Waals surface area contributed by atoms with Crippen LogP contribution in [0.25, 0.3) is 11.0 Å². The summed E-state index contributed by atoms with van der Waals surface area (Å²) < 4.78 is 10.7. The Kier molecular flexibility index (Phi) is 4.92. The normalized spacial score (nSPS) is 10.8. The van der Waals surface area contributed by atoms with Crippen molar-refractivity contribution in [1.29, 1.82) is 0 Å². The van der Waals surface area contributed by atoms with Gasteiger partial charge in [-0.05, 0) is 19.1 Å². The smallest absolute Gasteiger partial charge is 0.332 e. The molecule has 2 rings (SSSR count). The maximum absolute atomic E-state index is 11.4. The molecule has 0 saturated carbocycles. The van der Waals surface area contributed by atoms with Gasteiger partial charge in [-0.3, -0.25) is 9.59 Å². The third-order valence-electron chi connectivity index (χ3n) is 2.66. The van der Waals surface area contributed by atoms with Gasteiger partial charge in [0.25, 0.3) is 0 Å². The first-order valence-electron chi connectivity index (χ1n) is 6.19. The van der Waals surface area contributed by atoms with Gasteiger partial charge in [0.05, 0.1) is 24.2 Å². The molecule has 0 aliphatic carbocycles. The van der Waals surface area contributed by atoms with E-state index in [0.29, 0.717) is 21.1 Å². The minimum absolute atomic E-state index is 0.0940. The number of carbonyl (C=O) groups excluding carboxylic acids is 1. The number of nitrogens with one attached hydrogen (secondary N) is 2. The Labute approximate surface area is 127 Å². The van der Waals surface area contributed by atoms with Crippen LogP contribution in [-0.2, 0) is 20.9 Å². The second-order valence-electron chi connectivity index (χ2n) is 4.19. The molecule has 112 valence electrons. The van der Waals surface area contributed by atoms with Crippen molar-refractivity contribution in [2.45, 2.75) is 13.5 Å². The van der Waals surface area contributed by atoms with Crippen molar-refractivity contribution >= 4 is 32.9 Å². The number of carbonyl (C=O) groups is 1. The van der Waals surface area contributed by atoms with Gasteiger partial charge < -0.3 is 19.4 Å². The maximum Gasteiger partial charge on any atom is 0.332 e. The molecule has 7 nitrogen and oxygen atoms in total. The molecule has 0 aliphatic rings. The van der Waals surface area contributed by atoms with Crippen LogP contribution in [0.5, 0.6) is 0 Å². The third-order valence-corrected chi connectivity index (χ3v) is 3.12. The number of aromatic nitrogens is 2. The van der Waals surface area contributed by atoms with E-state index in [1.54, 1.807) is 19.1 Å². The fourth-order valence-electron chi connectivity index (χ4n) is 1.82. The zero-order valence-electron chi connectivity index (χ0n) is 11.2. The van der Waals surface area contributed by atoms with E-state index in [1.165, 1.54) is 0 Å². The summed E-state index contributed by atoms with van der Waals surface area (Å²) in [5.41, 5.74) is 0.114. The maximum atomic E-state index is 11.4. The SMILES string of the molecule is CCOC(=O)COCc1cc(Br)cc2[nH]c(=O)c(=O)[nH]c12. The lowest BCUT2D eigenvalue weighted by molar-refractivity contribution is -0.148. The average molecular weight is 357 g/mol. The predicted octanol–water partition coefficient (Wildman–Crippen LogP) is 1.06. The van der Waals surface area contributed by atoms with E-state index in [-0.39, 0.29) is 19.8 Å². The highest BCUT2D eigenvalue weighted by Crippen LogP contribution is 2.20. The molecule has 0 fully saturated rings. The van der Waals surface area contributed by atoms with Crippen LogP contribution in [0.1, 0.15) is 12.5 Å². The Bertz CT molecular complexity index is 780. The molecule has 2 N–H and O–H groups in total. The van der Waals surface area contributed by atoms with Crippen molar-refractivity contribution < 1.29 is 14.3 Å². The largest absolute Gasteiger partial charge is 0.464 e. The average Bonchev–Trinajstić information content (AvgIpc) is 2.41. The van der Waals surface area contributed by atoms with Gasteiger partial charge >= 0.3 is 17.1 Å². The van der Waals surface area contributed by atoms with Crippen LogP contribution in [0, 0.1) is 0 Å². The van der Waals surface area contributed by atoms with Crippen molar-refractivity contribution in [3.63, 3.8) is 0 Å². The Morgan fingerprint density at radius 2 is 1.95 bits per heavy atom. The highest BCUT2D eigenvalue weighted by atomic mass is 79.9. The quantitative estimate of drug-likeness (QED) is 0.616. The highest BCUT2D eigenvalue weighted by molar-refractivity contribution is 9.10. The van der Waals surface area contributed by atoms with Crippen LogP contribution >= 0.6 is 15.9 Å². The van der Waals surface area contributed by atoms with Crippen molar-refractivity contribution in [2.24, 2.45) is 0 Å². The molecule has 0 spiro atoms. The second-order valence-corrected chi connectivity index (χ2v) is 5.11. The van der Waals surface area contributed by atoms with E-state index < -0.39 is 17.1 Å². The minimum atomic E-state index is -0.739. The van der Waals surface area contributed by atoms with Crippen molar-refractivity contribution in [3.05, 3.63) is 42.9 Å². The molecule has 21 heavy (non-hydrogen) atoms. The van der Waals surface area contributed by atoms with E-state index in [2.05, 4.69) is 25.9 Å². The lowest BCUT2D eigenvalue weighted by Gasteiger charge is -2.08. The van der Waals surface area contributed by atoms with Crippen molar-refractivity contribution in [1.82, 2.24) is 9.97 Å². The molecule has 1 aromatic carbocycles. The Morgan fingerprint density at radius 3 is 2.67 bits per heavy atom. The van der Waals surface area contributed by atoms with Crippen LogP contribution in [0.3, 0.4) is 0 Å². The molecule has 0 saturated heterocycles. The van der Waals surface area contributed by atoms with Crippen LogP contribution in [0.4, 0.5) is 0 Å². The number of benzene rings is 1. The molecule has 0 atom stereocenters. The first-order chi connectivity index (χ1) is 10.0. The lowest BCUT2D eigenvalue weighted by Crippen LogP contribution is -2.29. The Hall–Kier alpha value is -1.93. The van der Waals surface area contributed by atoms with Crippen molar-refractivity contribution in [3.8, 4) is 0 Å². The van der Waals surface area contributed by atoms with Gasteiger partial charge in [-0.1, -0.05) is 15.9 Å². The van der Waals surface area contributed by atoms with Gasteiger partial charge in [-0.15, -0.1) is 0 Å². The number of aromatic amines is 2. The number of H-pyrrole nitrogens is 2. The first kappa shape index (κ1) is 15.5. The fourth-order valence-corrected chi connectivity index (χ4v) is 2.32. The molecule has 0 unspecified atom stereocenters. The van der Waals surface area contributed by atoms with E-state index in [4.69, 9.17) is 9.47 Å².